The van der Waals surface area contributed by atoms with E-state index in [1.54, 1.807) is 13.0 Å². The molecule has 0 saturated carbocycles. The van der Waals surface area contributed by atoms with Gasteiger partial charge in [-0.15, -0.1) is 12.4 Å². The molecule has 0 saturated heterocycles. The Balaban J connectivity index is 0.00000289. The first kappa shape index (κ1) is 17.4. The van der Waals surface area contributed by atoms with E-state index in [2.05, 4.69) is 4.74 Å². The minimum atomic E-state index is -1.99. The number of ether oxygens (including phenoxy) is 1. The van der Waals surface area contributed by atoms with E-state index >= 15 is 0 Å². The Hall–Kier alpha value is -0.550. The zero-order valence-corrected chi connectivity index (χ0v) is 11.9. The van der Waals surface area contributed by atoms with Crippen molar-refractivity contribution in [2.75, 3.05) is 6.61 Å². The quantitative estimate of drug-likeness (QED) is 0.867. The van der Waals surface area contributed by atoms with Crippen molar-refractivity contribution in [1.29, 1.82) is 0 Å². The third-order valence-electron chi connectivity index (χ3n) is 2.16. The molecule has 0 spiro atoms. The van der Waals surface area contributed by atoms with Gasteiger partial charge in [0.1, 0.15) is 0 Å². The standard InChI is InChI=1S/C11H12Cl2FNO2.ClH/c1-2-17-11(16)9(14)10(15)8-6(12)4-3-5-7(8)13;/h3-5,9-10H,2,15H2,1H3;1H/t9?,10-;/m0./s1. The maximum atomic E-state index is 13.7. The normalized spacial score (nSPS) is 13.4. The van der Waals surface area contributed by atoms with Crippen LogP contribution in [0.25, 0.3) is 0 Å². The number of carbonyl (C=O) groups excluding carboxylic acids is 1. The lowest BCUT2D eigenvalue weighted by Crippen LogP contribution is -2.32. The summed E-state index contributed by atoms with van der Waals surface area (Å²) in [5.41, 5.74) is 5.83. The Morgan fingerprint density at radius 3 is 2.39 bits per heavy atom. The Morgan fingerprint density at radius 2 is 1.94 bits per heavy atom. The van der Waals surface area contributed by atoms with Crippen LogP contribution in [0.3, 0.4) is 0 Å². The number of rotatable bonds is 4. The molecule has 0 aliphatic carbocycles. The summed E-state index contributed by atoms with van der Waals surface area (Å²) in [5, 5.41) is 0.439. The first-order chi connectivity index (χ1) is 7.99. The Labute approximate surface area is 121 Å². The van der Waals surface area contributed by atoms with Gasteiger partial charge in [-0.25, -0.2) is 9.18 Å². The van der Waals surface area contributed by atoms with Gasteiger partial charge in [-0.3, -0.25) is 0 Å². The molecule has 0 amide bonds. The Kier molecular flexibility index (Phi) is 7.55. The summed E-state index contributed by atoms with van der Waals surface area (Å²) in [6.45, 7) is 1.67. The van der Waals surface area contributed by atoms with Crippen molar-refractivity contribution < 1.29 is 13.9 Å². The van der Waals surface area contributed by atoms with E-state index in [9.17, 15) is 9.18 Å². The molecule has 0 heterocycles. The zero-order chi connectivity index (χ0) is 13.0. The fraction of sp³-hybridized carbons (Fsp3) is 0.364. The largest absolute Gasteiger partial charge is 0.464 e. The lowest BCUT2D eigenvalue weighted by atomic mass is 10.0. The van der Waals surface area contributed by atoms with E-state index in [4.69, 9.17) is 28.9 Å². The molecule has 1 rings (SSSR count). The highest BCUT2D eigenvalue weighted by molar-refractivity contribution is 6.36. The lowest BCUT2D eigenvalue weighted by molar-refractivity contribution is -0.149. The van der Waals surface area contributed by atoms with Crippen LogP contribution in [0.15, 0.2) is 18.2 Å². The van der Waals surface area contributed by atoms with E-state index in [-0.39, 0.29) is 34.6 Å². The van der Waals surface area contributed by atoms with E-state index in [1.807, 2.05) is 0 Å². The van der Waals surface area contributed by atoms with Crippen LogP contribution in [0.1, 0.15) is 18.5 Å². The topological polar surface area (TPSA) is 52.3 Å². The van der Waals surface area contributed by atoms with Crippen LogP contribution in [0.2, 0.25) is 10.0 Å². The molecule has 0 aliphatic rings. The second-order valence-electron chi connectivity index (χ2n) is 3.31. The van der Waals surface area contributed by atoms with Crippen LogP contribution in [0.4, 0.5) is 4.39 Å². The summed E-state index contributed by atoms with van der Waals surface area (Å²) in [7, 11) is 0. The molecule has 2 N–H and O–H groups in total. The molecule has 1 aromatic carbocycles. The van der Waals surface area contributed by atoms with Crippen molar-refractivity contribution in [3.8, 4) is 0 Å². The maximum absolute atomic E-state index is 13.7. The zero-order valence-electron chi connectivity index (χ0n) is 9.53. The molecule has 102 valence electrons. The molecule has 18 heavy (non-hydrogen) atoms. The third-order valence-corrected chi connectivity index (χ3v) is 2.82. The van der Waals surface area contributed by atoms with Gasteiger partial charge in [0.15, 0.2) is 0 Å². The molecule has 0 radical (unpaired) electrons. The molecule has 2 atom stereocenters. The molecule has 0 aromatic heterocycles. The van der Waals surface area contributed by atoms with E-state index in [1.165, 1.54) is 12.1 Å². The molecule has 0 aliphatic heterocycles. The fourth-order valence-electron chi connectivity index (χ4n) is 1.34. The van der Waals surface area contributed by atoms with E-state index in [0.29, 0.717) is 0 Å². The van der Waals surface area contributed by atoms with Crippen LogP contribution in [-0.4, -0.2) is 18.7 Å². The van der Waals surface area contributed by atoms with Crippen molar-refractivity contribution >= 4 is 41.6 Å². The highest BCUT2D eigenvalue weighted by atomic mass is 35.5. The molecule has 1 unspecified atom stereocenters. The molecule has 7 heteroatoms. The van der Waals surface area contributed by atoms with Crippen molar-refractivity contribution in [1.82, 2.24) is 0 Å². The number of benzene rings is 1. The molecular weight excluding hydrogens is 303 g/mol. The van der Waals surface area contributed by atoms with Gasteiger partial charge in [0.25, 0.3) is 0 Å². The molecule has 0 bridgehead atoms. The number of hydrogen-bond acceptors (Lipinski definition) is 3. The number of esters is 1. The highest BCUT2D eigenvalue weighted by Crippen LogP contribution is 2.31. The van der Waals surface area contributed by atoms with Crippen LogP contribution in [0.5, 0.6) is 0 Å². The molecule has 3 nitrogen and oxygen atoms in total. The number of alkyl halides is 1. The van der Waals surface area contributed by atoms with Gasteiger partial charge in [0, 0.05) is 15.6 Å². The summed E-state index contributed by atoms with van der Waals surface area (Å²) < 4.78 is 18.3. The van der Waals surface area contributed by atoms with E-state index in [0.717, 1.165) is 0 Å². The van der Waals surface area contributed by atoms with Gasteiger partial charge in [0.05, 0.1) is 12.6 Å². The number of nitrogens with two attached hydrogens (primary N) is 1. The lowest BCUT2D eigenvalue weighted by Gasteiger charge is -2.18. The summed E-state index contributed by atoms with van der Waals surface area (Å²) in [4.78, 5) is 11.2. The van der Waals surface area contributed by atoms with Crippen molar-refractivity contribution in [2.24, 2.45) is 5.73 Å². The number of carbonyl (C=O) groups is 1. The predicted octanol–water partition coefficient (Wildman–Crippen LogP) is 3.32. The maximum Gasteiger partial charge on any atom is 0.342 e. The Morgan fingerprint density at radius 1 is 1.44 bits per heavy atom. The first-order valence-electron chi connectivity index (χ1n) is 4.99. The molecule has 1 aromatic rings. The minimum absolute atomic E-state index is 0. The second-order valence-corrected chi connectivity index (χ2v) is 4.13. The average Bonchev–Trinajstić information content (AvgIpc) is 2.27. The first-order valence-corrected chi connectivity index (χ1v) is 5.74. The summed E-state index contributed by atoms with van der Waals surface area (Å²) in [6, 6.07) is 3.43. The van der Waals surface area contributed by atoms with Crippen LogP contribution in [0, 0.1) is 0 Å². The minimum Gasteiger partial charge on any atom is -0.464 e. The average molecular weight is 317 g/mol. The van der Waals surface area contributed by atoms with Crippen molar-refractivity contribution in [3.63, 3.8) is 0 Å². The van der Waals surface area contributed by atoms with Crippen molar-refractivity contribution in [2.45, 2.75) is 19.1 Å². The van der Waals surface area contributed by atoms with Crippen LogP contribution >= 0.6 is 35.6 Å². The van der Waals surface area contributed by atoms with Gasteiger partial charge in [-0.2, -0.15) is 0 Å². The Bertz CT molecular complexity index is 397. The number of halogens is 4. The van der Waals surface area contributed by atoms with Gasteiger partial charge in [0.2, 0.25) is 6.17 Å². The molecular formula is C11H13Cl3FNO2. The summed E-state index contributed by atoms with van der Waals surface area (Å²) >= 11 is 11.7. The van der Waals surface area contributed by atoms with Gasteiger partial charge in [-0.1, -0.05) is 29.3 Å². The van der Waals surface area contributed by atoms with Gasteiger partial charge >= 0.3 is 5.97 Å². The molecule has 0 fully saturated rings. The third kappa shape index (κ3) is 3.99. The predicted molar refractivity (Wildman–Crippen MR) is 72.2 cm³/mol. The summed E-state index contributed by atoms with van der Waals surface area (Å²) in [6.07, 6.45) is -1.99. The smallest absolute Gasteiger partial charge is 0.342 e. The van der Waals surface area contributed by atoms with Crippen LogP contribution < -0.4 is 5.73 Å². The SMILES string of the molecule is CCOC(=O)C(F)[C@@H](N)c1c(Cl)cccc1Cl.Cl. The van der Waals surface area contributed by atoms with Crippen molar-refractivity contribution in [3.05, 3.63) is 33.8 Å². The van der Waals surface area contributed by atoms with Crippen LogP contribution in [-0.2, 0) is 9.53 Å². The highest BCUT2D eigenvalue weighted by Gasteiger charge is 2.30. The number of hydrogen-bond donors (Lipinski definition) is 1. The summed E-state index contributed by atoms with van der Waals surface area (Å²) in [5.74, 6) is -1.02. The van der Waals surface area contributed by atoms with E-state index < -0.39 is 18.2 Å². The fourth-order valence-corrected chi connectivity index (χ4v) is 1.99. The van der Waals surface area contributed by atoms with Gasteiger partial charge < -0.3 is 10.5 Å². The monoisotopic (exact) mass is 315 g/mol. The second kappa shape index (κ2) is 7.79. The van der Waals surface area contributed by atoms with Gasteiger partial charge in [-0.05, 0) is 19.1 Å².